The van der Waals surface area contributed by atoms with Crippen LogP contribution in [0.1, 0.15) is 18.9 Å². The van der Waals surface area contributed by atoms with Crippen LogP contribution in [0.15, 0.2) is 24.3 Å². The first kappa shape index (κ1) is 16.5. The fourth-order valence-corrected chi connectivity index (χ4v) is 3.33. The third kappa shape index (κ3) is 4.50. The molecule has 0 radical (unpaired) electrons. The van der Waals surface area contributed by atoms with Gasteiger partial charge in [-0.1, -0.05) is 25.1 Å². The highest BCUT2D eigenvalue weighted by molar-refractivity contribution is 7.88. The molecule has 1 aromatic carbocycles. The van der Waals surface area contributed by atoms with Gasteiger partial charge in [-0.3, -0.25) is 4.79 Å². The molecule has 0 aliphatic carbocycles. The summed E-state index contributed by atoms with van der Waals surface area (Å²) < 4.78 is 30.4. The van der Waals surface area contributed by atoms with E-state index in [0.29, 0.717) is 17.7 Å². The van der Waals surface area contributed by atoms with E-state index in [0.717, 1.165) is 4.31 Å². The molecule has 0 atom stereocenters. The maximum absolute atomic E-state index is 12.4. The summed E-state index contributed by atoms with van der Waals surface area (Å²) in [6, 6.07) is 6.78. The van der Waals surface area contributed by atoms with Gasteiger partial charge in [0.25, 0.3) is 0 Å². The Morgan fingerprint density at radius 2 is 2.00 bits per heavy atom. The van der Waals surface area contributed by atoms with Crippen molar-refractivity contribution in [2.75, 3.05) is 25.9 Å². The number of carbonyl (C=O) groups excluding carboxylic acids is 1. The maximum Gasteiger partial charge on any atom is 0.321 e. The molecular formula is C13H20N2O4S. The van der Waals surface area contributed by atoms with Crippen LogP contribution in [0.3, 0.4) is 0 Å². The van der Waals surface area contributed by atoms with E-state index in [9.17, 15) is 13.2 Å². The number of nitrogens with two attached hydrogens (primary N) is 1. The first-order valence-corrected chi connectivity index (χ1v) is 7.89. The number of nitrogen functional groups attached to an aromatic ring is 1. The quantitative estimate of drug-likeness (QED) is 0.599. The van der Waals surface area contributed by atoms with Crippen LogP contribution in [0.4, 0.5) is 5.69 Å². The Labute approximate surface area is 119 Å². The van der Waals surface area contributed by atoms with E-state index in [2.05, 4.69) is 4.74 Å². The molecule has 0 saturated carbocycles. The molecule has 0 aliphatic heterocycles. The highest BCUT2D eigenvalue weighted by Gasteiger charge is 2.25. The van der Waals surface area contributed by atoms with Crippen LogP contribution in [0.5, 0.6) is 0 Å². The number of methoxy groups -OCH3 is 1. The molecule has 0 fully saturated rings. The first-order valence-electron chi connectivity index (χ1n) is 6.28. The van der Waals surface area contributed by atoms with E-state index in [1.807, 2.05) is 6.92 Å². The van der Waals surface area contributed by atoms with Gasteiger partial charge in [-0.05, 0) is 18.1 Å². The Morgan fingerprint density at radius 1 is 1.35 bits per heavy atom. The highest BCUT2D eigenvalue weighted by Crippen LogP contribution is 2.17. The van der Waals surface area contributed by atoms with E-state index in [4.69, 9.17) is 5.73 Å². The SMILES string of the molecule is CCCN(CC(=O)OC)S(=O)(=O)Cc1ccccc1N. The Kier molecular flexibility index (Phi) is 5.97. The lowest BCUT2D eigenvalue weighted by molar-refractivity contribution is -0.140. The molecule has 2 N–H and O–H groups in total. The zero-order chi connectivity index (χ0) is 15.2. The number of rotatable bonds is 7. The predicted molar refractivity (Wildman–Crippen MR) is 77.4 cm³/mol. The van der Waals surface area contributed by atoms with Crippen LogP contribution in [0.2, 0.25) is 0 Å². The number of hydrogen-bond donors (Lipinski definition) is 1. The smallest absolute Gasteiger partial charge is 0.321 e. The number of carbonyl (C=O) groups is 1. The van der Waals surface area contributed by atoms with Crippen molar-refractivity contribution in [3.05, 3.63) is 29.8 Å². The van der Waals surface area contributed by atoms with Crippen molar-refractivity contribution in [2.24, 2.45) is 0 Å². The average Bonchev–Trinajstić information content (AvgIpc) is 2.40. The van der Waals surface area contributed by atoms with Crippen molar-refractivity contribution in [1.29, 1.82) is 0 Å². The molecule has 0 spiro atoms. The van der Waals surface area contributed by atoms with Gasteiger partial charge >= 0.3 is 5.97 Å². The summed E-state index contributed by atoms with van der Waals surface area (Å²) in [5, 5.41) is 0. The number of hydrogen-bond acceptors (Lipinski definition) is 5. The molecule has 112 valence electrons. The Hall–Kier alpha value is -1.60. The fourth-order valence-electron chi connectivity index (χ4n) is 1.73. The van der Waals surface area contributed by atoms with Gasteiger partial charge in [0.05, 0.1) is 12.9 Å². The summed E-state index contributed by atoms with van der Waals surface area (Å²) in [6.45, 7) is 1.83. The number of ether oxygens (including phenoxy) is 1. The highest BCUT2D eigenvalue weighted by atomic mass is 32.2. The molecule has 1 aromatic rings. The monoisotopic (exact) mass is 300 g/mol. The molecule has 6 nitrogen and oxygen atoms in total. The number of sulfonamides is 1. The molecular weight excluding hydrogens is 280 g/mol. The number of benzene rings is 1. The van der Waals surface area contributed by atoms with Gasteiger partial charge in [0.1, 0.15) is 6.54 Å². The molecule has 0 bridgehead atoms. The average molecular weight is 300 g/mol. The molecule has 0 aromatic heterocycles. The first-order chi connectivity index (χ1) is 9.40. The van der Waals surface area contributed by atoms with Crippen molar-refractivity contribution >= 4 is 21.7 Å². The van der Waals surface area contributed by atoms with Gasteiger partial charge in [-0.15, -0.1) is 0 Å². The van der Waals surface area contributed by atoms with E-state index in [-0.39, 0.29) is 18.8 Å². The number of para-hydroxylation sites is 1. The second kappa shape index (κ2) is 7.25. The largest absolute Gasteiger partial charge is 0.468 e. The van der Waals surface area contributed by atoms with Crippen molar-refractivity contribution < 1.29 is 17.9 Å². The fraction of sp³-hybridized carbons (Fsp3) is 0.462. The van der Waals surface area contributed by atoms with Crippen molar-refractivity contribution in [1.82, 2.24) is 4.31 Å². The normalized spacial score (nSPS) is 11.6. The maximum atomic E-state index is 12.4. The second-order valence-electron chi connectivity index (χ2n) is 4.36. The third-order valence-electron chi connectivity index (χ3n) is 2.79. The van der Waals surface area contributed by atoms with E-state index < -0.39 is 16.0 Å². The third-order valence-corrected chi connectivity index (χ3v) is 4.57. The summed E-state index contributed by atoms with van der Waals surface area (Å²) in [5.74, 6) is -0.806. The lowest BCUT2D eigenvalue weighted by atomic mass is 10.2. The topological polar surface area (TPSA) is 89.7 Å². The molecule has 0 unspecified atom stereocenters. The van der Waals surface area contributed by atoms with E-state index in [1.165, 1.54) is 7.11 Å². The van der Waals surface area contributed by atoms with Crippen LogP contribution >= 0.6 is 0 Å². The van der Waals surface area contributed by atoms with Gasteiger partial charge < -0.3 is 10.5 Å². The minimum absolute atomic E-state index is 0.226. The van der Waals surface area contributed by atoms with E-state index >= 15 is 0 Å². The number of nitrogens with zero attached hydrogens (tertiary/aromatic N) is 1. The zero-order valence-electron chi connectivity index (χ0n) is 11.7. The second-order valence-corrected chi connectivity index (χ2v) is 6.33. The molecule has 0 saturated heterocycles. The van der Waals surface area contributed by atoms with Crippen molar-refractivity contribution in [3.63, 3.8) is 0 Å². The molecule has 7 heteroatoms. The van der Waals surface area contributed by atoms with Gasteiger partial charge in [-0.2, -0.15) is 4.31 Å². The van der Waals surface area contributed by atoms with Gasteiger partial charge in [0, 0.05) is 12.2 Å². The number of esters is 1. The molecule has 1 rings (SSSR count). The molecule has 0 amide bonds. The Balaban J connectivity index is 2.93. The molecule has 20 heavy (non-hydrogen) atoms. The lowest BCUT2D eigenvalue weighted by Gasteiger charge is -2.20. The van der Waals surface area contributed by atoms with Crippen LogP contribution in [0.25, 0.3) is 0 Å². The van der Waals surface area contributed by atoms with Crippen LogP contribution in [0, 0.1) is 0 Å². The number of anilines is 1. The summed E-state index contributed by atoms with van der Waals surface area (Å²) in [5.41, 5.74) is 6.70. The van der Waals surface area contributed by atoms with Crippen LogP contribution in [-0.2, 0) is 25.3 Å². The van der Waals surface area contributed by atoms with E-state index in [1.54, 1.807) is 24.3 Å². The zero-order valence-corrected chi connectivity index (χ0v) is 12.5. The Bertz CT molecular complexity index is 557. The Morgan fingerprint density at radius 3 is 2.55 bits per heavy atom. The van der Waals surface area contributed by atoms with Gasteiger partial charge in [0.2, 0.25) is 10.0 Å². The minimum Gasteiger partial charge on any atom is -0.468 e. The standard InChI is InChI=1S/C13H20N2O4S/c1-3-8-15(9-13(16)19-2)20(17,18)10-11-6-4-5-7-12(11)14/h4-7H,3,8-10,14H2,1-2H3. The molecule has 0 heterocycles. The summed E-state index contributed by atoms with van der Waals surface area (Å²) >= 11 is 0. The minimum atomic E-state index is -3.61. The van der Waals surface area contributed by atoms with Gasteiger partial charge in [-0.25, -0.2) is 8.42 Å². The molecule has 0 aliphatic rings. The van der Waals surface area contributed by atoms with Crippen LogP contribution in [-0.4, -0.2) is 38.9 Å². The van der Waals surface area contributed by atoms with Crippen LogP contribution < -0.4 is 5.73 Å². The van der Waals surface area contributed by atoms with Crippen molar-refractivity contribution in [3.8, 4) is 0 Å². The summed E-state index contributed by atoms with van der Waals surface area (Å²) in [7, 11) is -2.38. The predicted octanol–water partition coefficient (Wildman–Crippen LogP) is 0.984. The van der Waals surface area contributed by atoms with Crippen molar-refractivity contribution in [2.45, 2.75) is 19.1 Å². The summed E-state index contributed by atoms with van der Waals surface area (Å²) in [4.78, 5) is 11.3. The lowest BCUT2D eigenvalue weighted by Crippen LogP contribution is -2.37. The summed E-state index contributed by atoms with van der Waals surface area (Å²) in [6.07, 6.45) is 0.612. The van der Waals surface area contributed by atoms with Gasteiger partial charge in [0.15, 0.2) is 0 Å².